The second kappa shape index (κ2) is 22.5. The van der Waals surface area contributed by atoms with E-state index in [1.807, 2.05) is 0 Å². The summed E-state index contributed by atoms with van der Waals surface area (Å²) in [6.07, 6.45) is 1.05. The van der Waals surface area contributed by atoms with E-state index in [9.17, 15) is 14.9 Å². The molecule has 0 heterocycles. The minimum atomic E-state index is -2.86. The fourth-order valence-electron chi connectivity index (χ4n) is 6.92. The molecule has 1 rings (SSSR count). The lowest BCUT2D eigenvalue weighted by Crippen LogP contribution is -2.51. The molecule has 0 unspecified atom stereocenters. The standard InChI is InChI=1S/C35H76N2O13Si7/c1-19-36(35(38)46-25-22-28-57(41-2,42-3)43-4)31-29-33(44-23-20-26-53(11,12)49-55(15,16)47-51(5,6)7)34(30-32(31)37(39)40)45-24-21-27-54(13,14)50-56(17,18)48-52(8,9)10/h29-30H,19-28H2,1-18H3. The van der Waals surface area contributed by atoms with E-state index in [2.05, 4.69) is 91.7 Å². The van der Waals surface area contributed by atoms with E-state index in [1.54, 1.807) is 6.92 Å². The first-order valence-electron chi connectivity index (χ1n) is 19.9. The van der Waals surface area contributed by atoms with Crippen molar-refractivity contribution in [1.29, 1.82) is 0 Å². The molecule has 0 aliphatic carbocycles. The van der Waals surface area contributed by atoms with Crippen LogP contribution in [0.5, 0.6) is 11.5 Å². The Morgan fingerprint density at radius 3 is 1.40 bits per heavy atom. The molecule has 15 nitrogen and oxygen atoms in total. The van der Waals surface area contributed by atoms with Gasteiger partial charge in [0.15, 0.2) is 44.8 Å². The lowest BCUT2D eigenvalue weighted by molar-refractivity contribution is -0.384. The third-order valence-corrected chi connectivity index (χ3v) is 31.5. The highest BCUT2D eigenvalue weighted by molar-refractivity contribution is 6.88. The molecule has 0 fully saturated rings. The number of nitro benzene ring substituents is 1. The van der Waals surface area contributed by atoms with Crippen LogP contribution in [0.3, 0.4) is 0 Å². The Labute approximate surface area is 351 Å². The van der Waals surface area contributed by atoms with Gasteiger partial charge in [0.05, 0.1) is 30.8 Å². The summed E-state index contributed by atoms with van der Waals surface area (Å²) in [6.45, 7) is 32.7. The second-order valence-electron chi connectivity index (χ2n) is 18.2. The van der Waals surface area contributed by atoms with Crippen LogP contribution >= 0.6 is 0 Å². The molecule has 1 amide bonds. The highest BCUT2D eigenvalue weighted by Crippen LogP contribution is 2.41. The first-order valence-corrected chi connectivity index (χ1v) is 40.5. The van der Waals surface area contributed by atoms with Gasteiger partial charge in [-0.15, -0.1) is 0 Å². The number of nitro groups is 1. The van der Waals surface area contributed by atoms with Crippen molar-refractivity contribution < 1.29 is 53.7 Å². The lowest BCUT2D eigenvalue weighted by atomic mass is 10.2. The summed E-state index contributed by atoms with van der Waals surface area (Å²) in [5, 5.41) is 12.5. The number of nitrogens with zero attached hydrogens (tertiary/aromatic N) is 2. The van der Waals surface area contributed by atoms with Gasteiger partial charge < -0.3 is 43.9 Å². The number of benzene rings is 1. The monoisotopic (exact) mass is 928 g/mol. The quantitative estimate of drug-likeness (QED) is 0.0339. The van der Waals surface area contributed by atoms with E-state index in [0.717, 1.165) is 12.1 Å². The summed E-state index contributed by atoms with van der Waals surface area (Å²) in [5.74, 6) is 0.539. The third kappa shape index (κ3) is 20.7. The van der Waals surface area contributed by atoms with Gasteiger partial charge in [-0.05, 0) is 130 Å². The lowest BCUT2D eigenvalue weighted by Gasteiger charge is -2.37. The SMILES string of the molecule is CCN(C(=O)OCCC[Si](OC)(OC)OC)c1cc(OCCC[Si](C)(C)O[Si](C)(C)O[Si](C)(C)C)c(OCCC[Si](C)(C)O[Si](C)(C)O[Si](C)(C)C)cc1[N+](=O)[O-]. The predicted octanol–water partition coefficient (Wildman–Crippen LogP) is 9.91. The molecule has 0 spiro atoms. The van der Waals surface area contributed by atoms with Gasteiger partial charge in [-0.3, -0.25) is 15.0 Å². The molecular formula is C35H76N2O13Si7. The number of carbonyl (C=O) groups is 1. The highest BCUT2D eigenvalue weighted by atomic mass is 28.5. The van der Waals surface area contributed by atoms with Crippen LogP contribution in [0.2, 0.25) is 110 Å². The molecule has 0 saturated heterocycles. The van der Waals surface area contributed by atoms with E-state index in [4.69, 9.17) is 43.9 Å². The average Bonchev–Trinajstić information content (AvgIpc) is 3.02. The number of hydrogen-bond acceptors (Lipinski definition) is 13. The summed E-state index contributed by atoms with van der Waals surface area (Å²) >= 11 is 0. The zero-order chi connectivity index (χ0) is 44.1. The largest absolute Gasteiger partial charge is 0.500 e. The van der Waals surface area contributed by atoms with Crippen LogP contribution in [-0.2, 0) is 34.5 Å². The van der Waals surface area contributed by atoms with Gasteiger partial charge in [0.1, 0.15) is 5.69 Å². The molecule has 0 aliphatic heterocycles. The third-order valence-electron chi connectivity index (χ3n) is 8.36. The van der Waals surface area contributed by atoms with Crippen LogP contribution in [0.25, 0.3) is 0 Å². The van der Waals surface area contributed by atoms with Crippen LogP contribution in [0, 0.1) is 10.1 Å². The number of anilines is 1. The van der Waals surface area contributed by atoms with Crippen molar-refractivity contribution in [3.63, 3.8) is 0 Å². The van der Waals surface area contributed by atoms with Crippen LogP contribution < -0.4 is 14.4 Å². The topological polar surface area (TPSA) is 156 Å². The fraction of sp³-hybridized carbons (Fsp3) is 0.800. The van der Waals surface area contributed by atoms with Gasteiger partial charge in [-0.2, -0.15) is 0 Å². The van der Waals surface area contributed by atoms with Crippen molar-refractivity contribution in [2.45, 2.75) is 136 Å². The van der Waals surface area contributed by atoms with Gasteiger partial charge >= 0.3 is 32.0 Å². The molecule has 0 aromatic heterocycles. The summed E-state index contributed by atoms with van der Waals surface area (Å²) < 4.78 is 60.8. The van der Waals surface area contributed by atoms with Crippen molar-refractivity contribution in [1.82, 2.24) is 0 Å². The Balaban J connectivity index is 3.33. The maximum absolute atomic E-state index is 13.4. The molecular weight excluding hydrogens is 853 g/mol. The van der Waals surface area contributed by atoms with Crippen molar-refractivity contribution in [3.8, 4) is 11.5 Å². The predicted molar refractivity (Wildman–Crippen MR) is 244 cm³/mol. The van der Waals surface area contributed by atoms with Crippen molar-refractivity contribution >= 4 is 76.7 Å². The van der Waals surface area contributed by atoms with Gasteiger partial charge in [-0.25, -0.2) is 4.79 Å². The highest BCUT2D eigenvalue weighted by Gasteiger charge is 2.40. The maximum atomic E-state index is 13.4. The molecule has 22 heteroatoms. The van der Waals surface area contributed by atoms with E-state index < -0.39 is 70.2 Å². The summed E-state index contributed by atoms with van der Waals surface area (Å²) in [4.78, 5) is 26.7. The first-order chi connectivity index (χ1) is 25.9. The normalized spacial score (nSPS) is 13.4. The van der Waals surface area contributed by atoms with Crippen LogP contribution in [-0.4, -0.2) is 118 Å². The van der Waals surface area contributed by atoms with E-state index in [1.165, 1.54) is 38.4 Å². The minimum Gasteiger partial charge on any atom is -0.490 e. The maximum Gasteiger partial charge on any atom is 0.500 e. The van der Waals surface area contributed by atoms with Crippen molar-refractivity contribution in [2.75, 3.05) is 52.6 Å². The number of amides is 1. The molecule has 0 N–H and O–H groups in total. The van der Waals surface area contributed by atoms with Gasteiger partial charge in [0.2, 0.25) is 0 Å². The summed E-state index contributed by atoms with van der Waals surface area (Å²) in [5.41, 5.74) is -0.249. The second-order valence-corrected chi connectivity index (χ2v) is 46.6. The zero-order valence-electron chi connectivity index (χ0n) is 38.4. The van der Waals surface area contributed by atoms with Crippen molar-refractivity contribution in [3.05, 3.63) is 22.2 Å². The zero-order valence-corrected chi connectivity index (χ0v) is 45.4. The molecule has 332 valence electrons. The number of hydrogen-bond donors (Lipinski definition) is 0. The Morgan fingerprint density at radius 2 is 1.04 bits per heavy atom. The molecule has 1 aromatic carbocycles. The summed E-state index contributed by atoms with van der Waals surface area (Å²) in [6, 6.07) is 4.91. The number of carbonyl (C=O) groups excluding carboxylic acids is 1. The fourth-order valence-corrected chi connectivity index (χ4v) is 34.9. The molecule has 1 aromatic rings. The number of rotatable bonds is 28. The Bertz CT molecular complexity index is 1410. The molecule has 0 radical (unpaired) electrons. The van der Waals surface area contributed by atoms with E-state index in [-0.39, 0.29) is 30.3 Å². The Morgan fingerprint density at radius 1 is 0.632 bits per heavy atom. The molecule has 0 bridgehead atoms. The van der Waals surface area contributed by atoms with Crippen LogP contribution in [0.4, 0.5) is 16.2 Å². The van der Waals surface area contributed by atoms with Gasteiger partial charge in [0.25, 0.3) is 5.69 Å². The molecule has 0 aliphatic rings. The first kappa shape index (κ1) is 53.7. The van der Waals surface area contributed by atoms with Crippen LogP contribution in [0.15, 0.2) is 12.1 Å². The molecule has 57 heavy (non-hydrogen) atoms. The van der Waals surface area contributed by atoms with E-state index in [0.29, 0.717) is 44.3 Å². The minimum absolute atomic E-state index is 0.0379. The molecule has 0 saturated carbocycles. The van der Waals surface area contributed by atoms with E-state index >= 15 is 0 Å². The van der Waals surface area contributed by atoms with Crippen LogP contribution in [0.1, 0.15) is 26.2 Å². The van der Waals surface area contributed by atoms with Gasteiger partial charge in [-0.1, -0.05) is 0 Å². The smallest absolute Gasteiger partial charge is 0.490 e. The Kier molecular flexibility index (Phi) is 21.2. The summed E-state index contributed by atoms with van der Waals surface area (Å²) in [7, 11) is -10.7. The average molecular weight is 930 g/mol. The van der Waals surface area contributed by atoms with Crippen molar-refractivity contribution in [2.24, 2.45) is 0 Å². The molecule has 0 atom stereocenters. The van der Waals surface area contributed by atoms with Gasteiger partial charge in [0, 0.05) is 40.0 Å². The number of ether oxygens (including phenoxy) is 3. The Hall–Kier alpha value is -1.27.